The molecule has 0 unspecified atom stereocenters. The van der Waals surface area contributed by atoms with Crippen molar-refractivity contribution in [2.75, 3.05) is 15.9 Å². The molecule has 1 saturated heterocycles. The van der Waals surface area contributed by atoms with Crippen molar-refractivity contribution in [1.82, 2.24) is 10.3 Å². The second-order valence-electron chi connectivity index (χ2n) is 8.44. The smallest absolute Gasteiger partial charge is 0.229 e. The normalized spacial score (nSPS) is 17.9. The largest absolute Gasteiger partial charge is 0.459 e. The van der Waals surface area contributed by atoms with Crippen LogP contribution in [0.4, 0.5) is 11.4 Å². The first kappa shape index (κ1) is 23.1. The van der Waals surface area contributed by atoms with Gasteiger partial charge in [-0.15, -0.1) is 0 Å². The zero-order chi connectivity index (χ0) is 24.6. The Kier molecular flexibility index (Phi) is 6.04. The van der Waals surface area contributed by atoms with Crippen molar-refractivity contribution in [2.45, 2.75) is 19.0 Å². The fourth-order valence-corrected chi connectivity index (χ4v) is 5.28. The number of rotatable bonds is 6. The molecule has 2 aromatic carbocycles. The first-order valence-electron chi connectivity index (χ1n) is 11.0. The number of aryl methyl sites for hydroxylation is 1. The van der Waals surface area contributed by atoms with E-state index in [4.69, 9.17) is 16.6 Å². The molecule has 5 rings (SSSR count). The highest BCUT2D eigenvalue weighted by Gasteiger charge is 2.42. The second-order valence-corrected chi connectivity index (χ2v) is 10.6. The Morgan fingerprint density at radius 1 is 1.03 bits per heavy atom. The van der Waals surface area contributed by atoms with Gasteiger partial charge in [0.15, 0.2) is 5.11 Å². The third kappa shape index (κ3) is 4.78. The maximum absolute atomic E-state index is 11.7. The summed E-state index contributed by atoms with van der Waals surface area (Å²) in [5, 5.41) is 3.95. The molecule has 178 valence electrons. The van der Waals surface area contributed by atoms with Crippen molar-refractivity contribution in [3.63, 3.8) is 0 Å². The molecule has 0 aliphatic carbocycles. The lowest BCUT2D eigenvalue weighted by Gasteiger charge is -2.26. The van der Waals surface area contributed by atoms with E-state index in [1.165, 1.54) is 0 Å². The van der Waals surface area contributed by atoms with Crippen LogP contribution in [0.25, 0.3) is 11.3 Å². The van der Waals surface area contributed by atoms with E-state index in [0.717, 1.165) is 40.3 Å². The minimum atomic E-state index is -3.39. The molecule has 1 fully saturated rings. The first-order chi connectivity index (χ1) is 16.8. The van der Waals surface area contributed by atoms with Crippen LogP contribution in [0.5, 0.6) is 0 Å². The number of hydrogen-bond acceptors (Lipinski definition) is 5. The molecule has 9 heteroatoms. The van der Waals surface area contributed by atoms with Crippen molar-refractivity contribution in [2.24, 2.45) is 0 Å². The summed E-state index contributed by atoms with van der Waals surface area (Å²) in [6.07, 6.45) is 2.89. The van der Waals surface area contributed by atoms with Crippen LogP contribution in [0.15, 0.2) is 89.5 Å². The number of furan rings is 1. The van der Waals surface area contributed by atoms with Crippen molar-refractivity contribution < 1.29 is 12.8 Å². The number of nitrogens with one attached hydrogen (secondary N) is 2. The second kappa shape index (κ2) is 9.16. The Balaban J connectivity index is 1.58. The Labute approximate surface area is 209 Å². The molecule has 2 atom stereocenters. The van der Waals surface area contributed by atoms with E-state index in [9.17, 15) is 8.42 Å². The topological polar surface area (TPSA) is 87.5 Å². The molecule has 0 spiro atoms. The molecule has 0 saturated carbocycles. The van der Waals surface area contributed by atoms with E-state index < -0.39 is 10.0 Å². The summed E-state index contributed by atoms with van der Waals surface area (Å²) in [7, 11) is -3.39. The molecule has 7 nitrogen and oxygen atoms in total. The van der Waals surface area contributed by atoms with Gasteiger partial charge in [-0.2, -0.15) is 0 Å². The third-order valence-electron chi connectivity index (χ3n) is 5.86. The number of benzene rings is 2. The summed E-state index contributed by atoms with van der Waals surface area (Å²) in [5.74, 6) is 1.50. The number of nitrogens with zero attached hydrogens (tertiary/aromatic N) is 2. The quantitative estimate of drug-likeness (QED) is 0.349. The van der Waals surface area contributed by atoms with Gasteiger partial charge >= 0.3 is 0 Å². The zero-order valence-electron chi connectivity index (χ0n) is 19.2. The molecule has 1 aliphatic heterocycles. The van der Waals surface area contributed by atoms with Crippen LogP contribution in [0, 0.1) is 6.92 Å². The number of thiocarbonyl (C=S) groups is 1. The SMILES string of the molecule is Cc1cc(N2C(=S)N[C@@H](c3ccccn3)[C@H]2c2ccc(-c3ccccc3)o2)ccc1NS(C)(=O)=O. The van der Waals surface area contributed by atoms with Crippen LogP contribution in [0.3, 0.4) is 0 Å². The monoisotopic (exact) mass is 504 g/mol. The van der Waals surface area contributed by atoms with E-state index >= 15 is 0 Å². The molecule has 35 heavy (non-hydrogen) atoms. The van der Waals surface area contributed by atoms with E-state index in [2.05, 4.69) is 15.0 Å². The van der Waals surface area contributed by atoms with Gasteiger partial charge < -0.3 is 14.6 Å². The predicted molar refractivity (Wildman–Crippen MR) is 142 cm³/mol. The van der Waals surface area contributed by atoms with Gasteiger partial charge in [0.05, 0.1) is 23.7 Å². The number of pyridine rings is 1. The van der Waals surface area contributed by atoms with Crippen molar-refractivity contribution in [1.29, 1.82) is 0 Å². The van der Waals surface area contributed by atoms with Crippen LogP contribution in [-0.4, -0.2) is 24.8 Å². The van der Waals surface area contributed by atoms with Gasteiger partial charge in [-0.3, -0.25) is 9.71 Å². The molecule has 2 aromatic heterocycles. The third-order valence-corrected chi connectivity index (χ3v) is 6.76. The van der Waals surface area contributed by atoms with Gasteiger partial charge in [0.25, 0.3) is 0 Å². The number of aromatic nitrogens is 1. The fraction of sp³-hybridized carbons (Fsp3) is 0.154. The van der Waals surface area contributed by atoms with E-state index in [-0.39, 0.29) is 12.1 Å². The van der Waals surface area contributed by atoms with Gasteiger partial charge in [0, 0.05) is 17.4 Å². The summed E-state index contributed by atoms with van der Waals surface area (Å²) < 4.78 is 32.4. The summed E-state index contributed by atoms with van der Waals surface area (Å²) in [4.78, 5) is 6.57. The fourth-order valence-electron chi connectivity index (χ4n) is 4.30. The number of hydrogen-bond donors (Lipinski definition) is 2. The Hall–Kier alpha value is -3.69. The minimum Gasteiger partial charge on any atom is -0.459 e. The van der Waals surface area contributed by atoms with Crippen molar-refractivity contribution in [3.05, 3.63) is 102 Å². The molecular formula is C26H24N4O3S2. The summed E-state index contributed by atoms with van der Waals surface area (Å²) >= 11 is 5.77. The zero-order valence-corrected chi connectivity index (χ0v) is 20.8. The molecule has 0 amide bonds. The highest BCUT2D eigenvalue weighted by atomic mass is 32.2. The summed E-state index contributed by atoms with van der Waals surface area (Å²) in [6.45, 7) is 1.86. The van der Waals surface area contributed by atoms with Crippen LogP contribution in [-0.2, 0) is 10.0 Å². The Morgan fingerprint density at radius 3 is 2.49 bits per heavy atom. The van der Waals surface area contributed by atoms with Gasteiger partial charge in [0.1, 0.15) is 17.6 Å². The Bertz CT molecular complexity index is 1470. The van der Waals surface area contributed by atoms with E-state index in [1.807, 2.05) is 84.6 Å². The first-order valence-corrected chi connectivity index (χ1v) is 13.3. The van der Waals surface area contributed by atoms with Crippen LogP contribution in [0.2, 0.25) is 0 Å². The Morgan fingerprint density at radius 2 is 1.80 bits per heavy atom. The maximum atomic E-state index is 11.7. The molecule has 2 N–H and O–H groups in total. The van der Waals surface area contributed by atoms with Crippen LogP contribution < -0.4 is 14.9 Å². The molecule has 4 aromatic rings. The minimum absolute atomic E-state index is 0.243. The van der Waals surface area contributed by atoms with Gasteiger partial charge in [0.2, 0.25) is 10.0 Å². The number of anilines is 2. The van der Waals surface area contributed by atoms with Crippen molar-refractivity contribution in [3.8, 4) is 11.3 Å². The van der Waals surface area contributed by atoms with E-state index in [1.54, 1.807) is 12.3 Å². The molecular weight excluding hydrogens is 480 g/mol. The van der Waals surface area contributed by atoms with E-state index in [0.29, 0.717) is 10.8 Å². The average Bonchev–Trinajstić information content (AvgIpc) is 3.45. The lowest BCUT2D eigenvalue weighted by Crippen LogP contribution is -2.29. The number of sulfonamides is 1. The lowest BCUT2D eigenvalue weighted by atomic mass is 10.0. The highest BCUT2D eigenvalue weighted by Crippen LogP contribution is 2.43. The predicted octanol–water partition coefficient (Wildman–Crippen LogP) is 5.20. The van der Waals surface area contributed by atoms with Gasteiger partial charge in [-0.1, -0.05) is 36.4 Å². The molecule has 0 bridgehead atoms. The van der Waals surface area contributed by atoms with Crippen LogP contribution >= 0.6 is 12.2 Å². The summed E-state index contributed by atoms with van der Waals surface area (Å²) in [6, 6.07) is 24.6. The lowest BCUT2D eigenvalue weighted by molar-refractivity contribution is 0.439. The highest BCUT2D eigenvalue weighted by molar-refractivity contribution is 7.92. The standard InChI is InChI=1S/C26H24N4O3S2/c1-17-16-19(11-12-20(17)29-35(2,31)32)30-25(24(28-26(30)34)21-10-6-7-15-27-21)23-14-13-22(33-23)18-8-4-3-5-9-18/h3-16,24-25,29H,1-2H3,(H,28,34)/t24-,25+/m0/s1. The average molecular weight is 505 g/mol. The molecule has 3 heterocycles. The maximum Gasteiger partial charge on any atom is 0.229 e. The van der Waals surface area contributed by atoms with Crippen molar-refractivity contribution >= 4 is 38.7 Å². The molecule has 1 aliphatic rings. The van der Waals surface area contributed by atoms with Crippen LogP contribution in [0.1, 0.15) is 29.1 Å². The summed E-state index contributed by atoms with van der Waals surface area (Å²) in [5.41, 5.74) is 3.95. The molecule has 0 radical (unpaired) electrons. The van der Waals surface area contributed by atoms with Gasteiger partial charge in [-0.25, -0.2) is 8.42 Å². The van der Waals surface area contributed by atoms with Gasteiger partial charge in [-0.05, 0) is 67.2 Å².